The van der Waals surface area contributed by atoms with Crippen molar-refractivity contribution >= 4 is 0 Å². The molecule has 1 aromatic rings. The van der Waals surface area contributed by atoms with Gasteiger partial charge in [-0.1, -0.05) is 19.1 Å². The first-order valence-corrected chi connectivity index (χ1v) is 7.73. The van der Waals surface area contributed by atoms with Gasteiger partial charge in [0.15, 0.2) is 0 Å². The van der Waals surface area contributed by atoms with E-state index in [0.717, 1.165) is 31.9 Å². The van der Waals surface area contributed by atoms with Crippen molar-refractivity contribution in [1.29, 1.82) is 0 Å². The number of hydrogen-bond donors (Lipinski definition) is 1. The normalized spacial score (nSPS) is 11.6. The zero-order valence-electron chi connectivity index (χ0n) is 13.6. The summed E-state index contributed by atoms with van der Waals surface area (Å²) in [5.41, 5.74) is 1.27. The van der Waals surface area contributed by atoms with Crippen molar-refractivity contribution in [1.82, 2.24) is 10.2 Å². The molecule has 0 atom stereocenters. The van der Waals surface area contributed by atoms with Crippen LogP contribution in [0.5, 0.6) is 5.75 Å². The molecule has 20 heavy (non-hydrogen) atoms. The van der Waals surface area contributed by atoms with Gasteiger partial charge in [-0.05, 0) is 51.9 Å². The molecule has 0 radical (unpaired) electrons. The van der Waals surface area contributed by atoms with Gasteiger partial charge in [0.05, 0.1) is 6.10 Å². The molecule has 0 bridgehead atoms. The van der Waals surface area contributed by atoms with Crippen molar-refractivity contribution in [2.45, 2.75) is 53.3 Å². The van der Waals surface area contributed by atoms with E-state index in [1.807, 2.05) is 6.07 Å². The van der Waals surface area contributed by atoms with Crippen LogP contribution in [0, 0.1) is 0 Å². The van der Waals surface area contributed by atoms with E-state index in [1.54, 1.807) is 0 Å². The maximum atomic E-state index is 5.71. The second-order valence-electron chi connectivity index (χ2n) is 5.71. The summed E-state index contributed by atoms with van der Waals surface area (Å²) in [6, 6.07) is 8.94. The Morgan fingerprint density at radius 3 is 2.55 bits per heavy atom. The van der Waals surface area contributed by atoms with Crippen LogP contribution < -0.4 is 10.1 Å². The van der Waals surface area contributed by atoms with Crippen molar-refractivity contribution in [3.63, 3.8) is 0 Å². The van der Waals surface area contributed by atoms with E-state index in [9.17, 15) is 0 Å². The SMILES string of the molecule is CCN(CCNCc1cccc(OC(C)C)c1)C(C)C. The second-order valence-corrected chi connectivity index (χ2v) is 5.71. The molecular formula is C17H30N2O. The summed E-state index contributed by atoms with van der Waals surface area (Å²) in [4.78, 5) is 2.46. The highest BCUT2D eigenvalue weighted by Crippen LogP contribution is 2.14. The minimum absolute atomic E-state index is 0.224. The molecule has 0 aliphatic carbocycles. The first-order valence-electron chi connectivity index (χ1n) is 7.73. The lowest BCUT2D eigenvalue weighted by Crippen LogP contribution is -2.36. The Labute approximate surface area is 124 Å². The van der Waals surface area contributed by atoms with Crippen LogP contribution in [0.25, 0.3) is 0 Å². The molecule has 0 heterocycles. The standard InChI is InChI=1S/C17H30N2O/c1-6-19(14(2)3)11-10-18-13-16-8-7-9-17(12-16)20-15(4)5/h7-9,12,14-15,18H,6,10-11,13H2,1-5H3. The van der Waals surface area contributed by atoms with E-state index < -0.39 is 0 Å². The van der Waals surface area contributed by atoms with Gasteiger partial charge in [0, 0.05) is 25.7 Å². The number of nitrogens with one attached hydrogen (secondary N) is 1. The summed E-state index contributed by atoms with van der Waals surface area (Å²) in [6.45, 7) is 14.9. The summed E-state index contributed by atoms with van der Waals surface area (Å²) in [7, 11) is 0. The maximum absolute atomic E-state index is 5.71. The molecule has 0 spiro atoms. The topological polar surface area (TPSA) is 24.5 Å². The molecule has 0 aromatic heterocycles. The van der Waals surface area contributed by atoms with Crippen LogP contribution in [0.4, 0.5) is 0 Å². The first kappa shape index (κ1) is 17.0. The van der Waals surface area contributed by atoms with Crippen LogP contribution in [0.2, 0.25) is 0 Å². The molecule has 3 nitrogen and oxygen atoms in total. The quantitative estimate of drug-likeness (QED) is 0.702. The molecule has 0 aliphatic rings. The minimum Gasteiger partial charge on any atom is -0.491 e. The van der Waals surface area contributed by atoms with Crippen LogP contribution in [-0.4, -0.2) is 36.7 Å². The number of ether oxygens (including phenoxy) is 1. The summed E-state index contributed by atoms with van der Waals surface area (Å²) >= 11 is 0. The molecule has 1 aromatic carbocycles. The summed E-state index contributed by atoms with van der Waals surface area (Å²) in [5.74, 6) is 0.955. The van der Waals surface area contributed by atoms with Crippen LogP contribution in [0.1, 0.15) is 40.2 Å². The Morgan fingerprint density at radius 1 is 1.20 bits per heavy atom. The van der Waals surface area contributed by atoms with Gasteiger partial charge >= 0.3 is 0 Å². The lowest BCUT2D eigenvalue weighted by Gasteiger charge is -2.24. The molecule has 1 N–H and O–H groups in total. The average Bonchev–Trinajstić information content (AvgIpc) is 2.38. The molecular weight excluding hydrogens is 248 g/mol. The third kappa shape index (κ3) is 6.40. The smallest absolute Gasteiger partial charge is 0.120 e. The highest BCUT2D eigenvalue weighted by molar-refractivity contribution is 5.28. The predicted octanol–water partition coefficient (Wildman–Crippen LogP) is 3.29. The van der Waals surface area contributed by atoms with Gasteiger partial charge in [0.25, 0.3) is 0 Å². The first-order chi connectivity index (χ1) is 9.52. The third-order valence-corrected chi connectivity index (χ3v) is 3.31. The maximum Gasteiger partial charge on any atom is 0.120 e. The fraction of sp³-hybridized carbons (Fsp3) is 0.647. The van der Waals surface area contributed by atoms with Gasteiger partial charge in [0.1, 0.15) is 5.75 Å². The van der Waals surface area contributed by atoms with Gasteiger partial charge in [0.2, 0.25) is 0 Å². The molecule has 0 unspecified atom stereocenters. The molecule has 3 heteroatoms. The van der Waals surface area contributed by atoms with Crippen LogP contribution in [0.3, 0.4) is 0 Å². The second kappa shape index (κ2) is 8.98. The van der Waals surface area contributed by atoms with Gasteiger partial charge in [-0.3, -0.25) is 4.90 Å². The van der Waals surface area contributed by atoms with E-state index in [2.05, 4.69) is 63.0 Å². The lowest BCUT2D eigenvalue weighted by molar-refractivity contribution is 0.233. The molecule has 0 saturated carbocycles. The molecule has 1 rings (SSSR count). The Balaban J connectivity index is 2.35. The largest absolute Gasteiger partial charge is 0.491 e. The Kier molecular flexibility index (Phi) is 7.63. The monoisotopic (exact) mass is 278 g/mol. The summed E-state index contributed by atoms with van der Waals surface area (Å²) in [6.07, 6.45) is 0.224. The molecule has 0 saturated heterocycles. The average molecular weight is 278 g/mol. The zero-order chi connectivity index (χ0) is 15.0. The van der Waals surface area contributed by atoms with E-state index in [1.165, 1.54) is 5.56 Å². The molecule has 0 aliphatic heterocycles. The van der Waals surface area contributed by atoms with Crippen molar-refractivity contribution in [3.05, 3.63) is 29.8 Å². The number of hydrogen-bond acceptors (Lipinski definition) is 3. The van der Waals surface area contributed by atoms with Crippen LogP contribution in [-0.2, 0) is 6.54 Å². The Morgan fingerprint density at radius 2 is 1.95 bits per heavy atom. The van der Waals surface area contributed by atoms with Crippen LogP contribution in [0.15, 0.2) is 24.3 Å². The Bertz CT molecular complexity index is 377. The molecule has 114 valence electrons. The fourth-order valence-electron chi connectivity index (χ4n) is 2.24. The van der Waals surface area contributed by atoms with Crippen molar-refractivity contribution < 1.29 is 4.74 Å². The van der Waals surface area contributed by atoms with Gasteiger partial charge in [-0.15, -0.1) is 0 Å². The van der Waals surface area contributed by atoms with E-state index in [4.69, 9.17) is 4.74 Å². The van der Waals surface area contributed by atoms with E-state index >= 15 is 0 Å². The van der Waals surface area contributed by atoms with Gasteiger partial charge in [-0.2, -0.15) is 0 Å². The van der Waals surface area contributed by atoms with E-state index in [0.29, 0.717) is 6.04 Å². The third-order valence-electron chi connectivity index (χ3n) is 3.31. The highest BCUT2D eigenvalue weighted by atomic mass is 16.5. The summed E-state index contributed by atoms with van der Waals surface area (Å²) < 4.78 is 5.71. The number of benzene rings is 1. The Hall–Kier alpha value is -1.06. The van der Waals surface area contributed by atoms with Crippen molar-refractivity contribution in [3.8, 4) is 5.75 Å². The lowest BCUT2D eigenvalue weighted by atomic mass is 10.2. The minimum atomic E-state index is 0.224. The number of nitrogens with zero attached hydrogens (tertiary/aromatic N) is 1. The van der Waals surface area contributed by atoms with Gasteiger partial charge < -0.3 is 10.1 Å². The van der Waals surface area contributed by atoms with Crippen molar-refractivity contribution in [2.24, 2.45) is 0 Å². The zero-order valence-corrected chi connectivity index (χ0v) is 13.6. The number of rotatable bonds is 9. The highest BCUT2D eigenvalue weighted by Gasteiger charge is 2.05. The van der Waals surface area contributed by atoms with E-state index in [-0.39, 0.29) is 6.10 Å². The molecule has 0 amide bonds. The molecule has 0 fully saturated rings. The van der Waals surface area contributed by atoms with Crippen LogP contribution >= 0.6 is 0 Å². The summed E-state index contributed by atoms with van der Waals surface area (Å²) in [5, 5.41) is 3.50. The number of likely N-dealkylation sites (N-methyl/N-ethyl adjacent to an activating group) is 1. The fourth-order valence-corrected chi connectivity index (χ4v) is 2.24. The van der Waals surface area contributed by atoms with Crippen molar-refractivity contribution in [2.75, 3.05) is 19.6 Å². The van der Waals surface area contributed by atoms with Gasteiger partial charge in [-0.25, -0.2) is 0 Å². The predicted molar refractivity (Wildman–Crippen MR) is 86.3 cm³/mol.